The predicted molar refractivity (Wildman–Crippen MR) is 143 cm³/mol. The van der Waals surface area contributed by atoms with Gasteiger partial charge in [0.05, 0.1) is 18.8 Å². The maximum Gasteiger partial charge on any atom is 0.413 e. The van der Waals surface area contributed by atoms with E-state index in [0.29, 0.717) is 31.2 Å². The third kappa shape index (κ3) is 6.03. The van der Waals surface area contributed by atoms with E-state index < -0.39 is 16.9 Å². The third-order valence-electron chi connectivity index (χ3n) is 7.51. The zero-order valence-electron chi connectivity index (χ0n) is 23.3. The van der Waals surface area contributed by atoms with Gasteiger partial charge in [0.1, 0.15) is 17.0 Å². The molecule has 2 aromatic rings. The Bertz CT molecular complexity index is 1110. The van der Waals surface area contributed by atoms with Gasteiger partial charge in [0, 0.05) is 18.0 Å². The van der Waals surface area contributed by atoms with Gasteiger partial charge in [0.15, 0.2) is 0 Å². The Balaban J connectivity index is 1.36. The van der Waals surface area contributed by atoms with Gasteiger partial charge in [-0.25, -0.2) is 9.59 Å². The molecule has 1 N–H and O–H groups in total. The fraction of sp³-hybridized carbons (Fsp3) is 0.600. The third-order valence-corrected chi connectivity index (χ3v) is 7.51. The van der Waals surface area contributed by atoms with Gasteiger partial charge in [0.2, 0.25) is 0 Å². The zero-order valence-corrected chi connectivity index (χ0v) is 23.3. The van der Waals surface area contributed by atoms with E-state index >= 15 is 0 Å². The first kappa shape index (κ1) is 27.2. The van der Waals surface area contributed by atoms with E-state index in [1.807, 2.05) is 40.7 Å². The minimum atomic E-state index is -0.739. The molecule has 2 fully saturated rings. The van der Waals surface area contributed by atoms with Crippen LogP contribution in [0.1, 0.15) is 107 Å². The van der Waals surface area contributed by atoms with E-state index in [2.05, 4.69) is 43.1 Å². The number of hydrogen-bond acceptors (Lipinski definition) is 5. The number of nitrogens with zero attached hydrogens (tertiary/aromatic N) is 1. The van der Waals surface area contributed by atoms with Crippen molar-refractivity contribution in [1.82, 2.24) is 9.88 Å². The molecule has 1 aromatic heterocycles. The number of carbonyl (C=O) groups is 2. The van der Waals surface area contributed by atoms with Crippen LogP contribution < -0.4 is 0 Å². The number of esters is 1. The zero-order chi connectivity index (χ0) is 27.0. The molecule has 7 heteroatoms. The Morgan fingerprint density at radius 1 is 1.14 bits per heavy atom. The lowest BCUT2D eigenvalue weighted by molar-refractivity contribution is -0.0688. The van der Waals surface area contributed by atoms with E-state index in [0.717, 1.165) is 30.5 Å². The molecule has 2 aliphatic rings. The summed E-state index contributed by atoms with van der Waals surface area (Å²) in [6, 6.07) is 12.2. The van der Waals surface area contributed by atoms with Crippen molar-refractivity contribution >= 4 is 12.1 Å². The minimum absolute atomic E-state index is 0.184. The first-order valence-electron chi connectivity index (χ1n) is 13.4. The van der Waals surface area contributed by atoms with E-state index in [1.54, 1.807) is 11.0 Å². The maximum atomic E-state index is 13.2. The van der Waals surface area contributed by atoms with E-state index in [4.69, 9.17) is 14.2 Å². The van der Waals surface area contributed by atoms with Crippen molar-refractivity contribution in [2.75, 3.05) is 13.2 Å². The summed E-state index contributed by atoms with van der Waals surface area (Å²) >= 11 is 0. The molecule has 1 spiro atoms. The maximum absolute atomic E-state index is 13.2. The van der Waals surface area contributed by atoms with Crippen LogP contribution in [0.4, 0.5) is 4.79 Å². The molecule has 7 nitrogen and oxygen atoms in total. The molecule has 1 saturated carbocycles. The van der Waals surface area contributed by atoms with Crippen molar-refractivity contribution in [3.05, 3.63) is 58.9 Å². The van der Waals surface area contributed by atoms with Gasteiger partial charge in [-0.2, -0.15) is 0 Å². The quantitative estimate of drug-likeness (QED) is 0.446. The van der Waals surface area contributed by atoms with Crippen LogP contribution in [-0.2, 0) is 20.6 Å². The molecular weight excluding hydrogens is 468 g/mol. The van der Waals surface area contributed by atoms with Gasteiger partial charge in [-0.05, 0) is 83.1 Å². The molecule has 1 aromatic carbocycles. The van der Waals surface area contributed by atoms with Crippen LogP contribution in [0.3, 0.4) is 0 Å². The summed E-state index contributed by atoms with van der Waals surface area (Å²) < 4.78 is 17.4. The lowest BCUT2D eigenvalue weighted by atomic mass is 9.93. The molecule has 1 amide bonds. The Labute approximate surface area is 220 Å². The number of aromatic amines is 1. The fourth-order valence-corrected chi connectivity index (χ4v) is 5.62. The topological polar surface area (TPSA) is 80.9 Å². The highest BCUT2D eigenvalue weighted by molar-refractivity contribution is 5.87. The normalized spacial score (nSPS) is 23.1. The van der Waals surface area contributed by atoms with E-state index in [1.165, 1.54) is 5.56 Å². The number of carbonyl (C=O) groups excluding carboxylic acids is 2. The number of benzene rings is 1. The molecule has 0 bridgehead atoms. The Kier molecular flexibility index (Phi) is 7.48. The van der Waals surface area contributed by atoms with Crippen molar-refractivity contribution < 1.29 is 23.8 Å². The molecule has 0 unspecified atom stereocenters. The lowest BCUT2D eigenvalue weighted by Gasteiger charge is -2.40. The summed E-state index contributed by atoms with van der Waals surface area (Å²) in [5.41, 5.74) is 2.15. The molecular formula is C30H42N2O5. The lowest BCUT2D eigenvalue weighted by Crippen LogP contribution is -2.55. The summed E-state index contributed by atoms with van der Waals surface area (Å²) in [7, 11) is 0. The van der Waals surface area contributed by atoms with Crippen molar-refractivity contribution in [1.29, 1.82) is 0 Å². The standard InChI is InChI=1S/C30H42N2O5/c1-20(2)22-10-8-21(9-11-22)15-17-35-26(33)25-13-12-24(31-25)23-14-16-30(18-23)19-36-29(6,7)32(30)27(34)37-28(3,4)5/h8-13,20,23,31H,14-19H2,1-7H3/t23-,30+/m0/s1. The van der Waals surface area contributed by atoms with Crippen LogP contribution in [0.25, 0.3) is 0 Å². The number of aromatic nitrogens is 1. The summed E-state index contributed by atoms with van der Waals surface area (Å²) in [6.45, 7) is 14.6. The van der Waals surface area contributed by atoms with Crippen molar-refractivity contribution in [2.45, 2.75) is 103 Å². The number of nitrogens with one attached hydrogen (secondary N) is 1. The summed E-state index contributed by atoms with van der Waals surface area (Å²) in [5.74, 6) is 0.332. The van der Waals surface area contributed by atoms with Crippen LogP contribution in [0.2, 0.25) is 0 Å². The molecule has 0 radical (unpaired) electrons. The fourth-order valence-electron chi connectivity index (χ4n) is 5.62. The highest BCUT2D eigenvalue weighted by Gasteiger charge is 2.58. The SMILES string of the molecule is CC(C)c1ccc(CCOC(=O)c2ccc([C@H]3CC[C@]4(COC(C)(C)N4C(=O)OC(C)(C)C)C3)[nH]2)cc1. The number of ether oxygens (including phenoxy) is 3. The van der Waals surface area contributed by atoms with Crippen LogP contribution in [-0.4, -0.2) is 52.0 Å². The van der Waals surface area contributed by atoms with Gasteiger partial charge >= 0.3 is 12.1 Å². The molecule has 37 heavy (non-hydrogen) atoms. The highest BCUT2D eigenvalue weighted by atomic mass is 16.6. The molecule has 2 atom stereocenters. The molecule has 202 valence electrons. The van der Waals surface area contributed by atoms with Crippen molar-refractivity contribution in [3.63, 3.8) is 0 Å². The second kappa shape index (κ2) is 10.2. The summed E-state index contributed by atoms with van der Waals surface area (Å²) in [5, 5.41) is 0. The minimum Gasteiger partial charge on any atom is -0.461 e. The van der Waals surface area contributed by atoms with Gasteiger partial charge in [0.25, 0.3) is 0 Å². The molecule has 4 rings (SSSR count). The monoisotopic (exact) mass is 510 g/mol. The van der Waals surface area contributed by atoms with Crippen LogP contribution in [0.15, 0.2) is 36.4 Å². The Hall–Kier alpha value is -2.80. The highest BCUT2D eigenvalue weighted by Crippen LogP contribution is 2.50. The van der Waals surface area contributed by atoms with Gasteiger partial charge in [-0.1, -0.05) is 38.1 Å². The van der Waals surface area contributed by atoms with Gasteiger partial charge < -0.3 is 19.2 Å². The predicted octanol–water partition coefficient (Wildman–Crippen LogP) is 6.55. The van der Waals surface area contributed by atoms with Gasteiger partial charge in [-0.15, -0.1) is 0 Å². The Morgan fingerprint density at radius 2 is 1.84 bits per heavy atom. The molecule has 1 aliphatic carbocycles. The van der Waals surface area contributed by atoms with Crippen LogP contribution in [0.5, 0.6) is 0 Å². The number of H-pyrrole nitrogens is 1. The molecule has 2 heterocycles. The molecule has 1 aliphatic heterocycles. The number of hydrogen-bond donors (Lipinski definition) is 1. The Morgan fingerprint density at radius 3 is 2.49 bits per heavy atom. The number of amides is 1. The second-order valence-electron chi connectivity index (χ2n) is 12.3. The van der Waals surface area contributed by atoms with Crippen LogP contribution >= 0.6 is 0 Å². The average Bonchev–Trinajstić information content (AvgIpc) is 3.51. The van der Waals surface area contributed by atoms with Crippen LogP contribution in [0, 0.1) is 0 Å². The van der Waals surface area contributed by atoms with E-state index in [-0.39, 0.29) is 18.0 Å². The largest absolute Gasteiger partial charge is 0.461 e. The van der Waals surface area contributed by atoms with Gasteiger partial charge in [-0.3, -0.25) is 4.90 Å². The number of rotatable bonds is 6. The van der Waals surface area contributed by atoms with E-state index in [9.17, 15) is 9.59 Å². The first-order chi connectivity index (χ1) is 17.3. The molecule has 1 saturated heterocycles. The smallest absolute Gasteiger partial charge is 0.413 e. The van der Waals surface area contributed by atoms with Crippen molar-refractivity contribution in [3.8, 4) is 0 Å². The summed E-state index contributed by atoms with van der Waals surface area (Å²) in [4.78, 5) is 30.9. The first-order valence-corrected chi connectivity index (χ1v) is 13.4. The summed E-state index contributed by atoms with van der Waals surface area (Å²) in [6.07, 6.45) is 2.79. The average molecular weight is 511 g/mol. The second-order valence-corrected chi connectivity index (χ2v) is 12.3. The van der Waals surface area contributed by atoms with Crippen molar-refractivity contribution in [2.24, 2.45) is 0 Å².